The molecule has 4 aromatic rings. The molecule has 29 heavy (non-hydrogen) atoms. The van der Waals surface area contributed by atoms with Crippen molar-refractivity contribution in [2.75, 3.05) is 5.32 Å². The molecule has 8 heteroatoms. The van der Waals surface area contributed by atoms with E-state index in [2.05, 4.69) is 20.6 Å². The summed E-state index contributed by atoms with van der Waals surface area (Å²) in [6, 6.07) is 20.0. The van der Waals surface area contributed by atoms with Crippen molar-refractivity contribution in [2.45, 2.75) is 0 Å². The third-order valence-corrected chi connectivity index (χ3v) is 5.14. The Kier molecular flexibility index (Phi) is 5.49. The maximum atomic E-state index is 12.3. The zero-order valence-corrected chi connectivity index (χ0v) is 17.2. The molecule has 3 N–H and O–H groups in total. The summed E-state index contributed by atoms with van der Waals surface area (Å²) in [5, 5.41) is 6.49. The van der Waals surface area contributed by atoms with E-state index in [-0.39, 0.29) is 11.0 Å². The van der Waals surface area contributed by atoms with E-state index in [1.54, 1.807) is 12.1 Å². The van der Waals surface area contributed by atoms with Crippen LogP contribution in [0.5, 0.6) is 0 Å². The van der Waals surface area contributed by atoms with Crippen LogP contribution in [0.25, 0.3) is 22.4 Å². The number of rotatable bonds is 3. The maximum absolute atomic E-state index is 12.3. The molecule has 0 spiro atoms. The normalized spacial score (nSPS) is 10.7. The van der Waals surface area contributed by atoms with Gasteiger partial charge in [0, 0.05) is 16.8 Å². The Balaban J connectivity index is 1.48. The van der Waals surface area contributed by atoms with Gasteiger partial charge in [-0.2, -0.15) is 0 Å². The number of imidazole rings is 1. The second-order valence-corrected chi connectivity index (χ2v) is 7.44. The van der Waals surface area contributed by atoms with Gasteiger partial charge in [0.05, 0.1) is 21.1 Å². The van der Waals surface area contributed by atoms with Crippen molar-refractivity contribution in [3.8, 4) is 11.4 Å². The van der Waals surface area contributed by atoms with Gasteiger partial charge in [-0.15, -0.1) is 0 Å². The molecular formula is C21H14Cl2N4OS. The third-order valence-electron chi connectivity index (χ3n) is 4.19. The van der Waals surface area contributed by atoms with Crippen LogP contribution in [-0.4, -0.2) is 21.0 Å². The molecule has 5 nitrogen and oxygen atoms in total. The summed E-state index contributed by atoms with van der Waals surface area (Å²) in [7, 11) is 0. The second kappa shape index (κ2) is 8.21. The summed E-state index contributed by atoms with van der Waals surface area (Å²) < 4.78 is 0. The van der Waals surface area contributed by atoms with E-state index in [1.165, 1.54) is 6.07 Å². The number of H-pyrrole nitrogens is 1. The number of benzene rings is 3. The van der Waals surface area contributed by atoms with Crippen molar-refractivity contribution in [1.29, 1.82) is 0 Å². The van der Waals surface area contributed by atoms with Gasteiger partial charge in [-0.05, 0) is 54.7 Å². The highest BCUT2D eigenvalue weighted by atomic mass is 35.5. The summed E-state index contributed by atoms with van der Waals surface area (Å²) in [6.45, 7) is 0. The minimum Gasteiger partial charge on any atom is -0.338 e. The molecule has 0 fully saturated rings. The molecule has 0 saturated heterocycles. The fourth-order valence-electron chi connectivity index (χ4n) is 2.81. The molecule has 3 aromatic carbocycles. The molecule has 1 aromatic heterocycles. The average molecular weight is 441 g/mol. The first-order valence-electron chi connectivity index (χ1n) is 8.62. The first-order valence-corrected chi connectivity index (χ1v) is 9.78. The Hall–Kier alpha value is -2.93. The lowest BCUT2D eigenvalue weighted by Crippen LogP contribution is -2.34. The van der Waals surface area contributed by atoms with Gasteiger partial charge in [-0.3, -0.25) is 10.1 Å². The fourth-order valence-corrected chi connectivity index (χ4v) is 3.32. The molecule has 0 saturated carbocycles. The van der Waals surface area contributed by atoms with E-state index in [0.717, 1.165) is 28.1 Å². The number of para-hydroxylation sites is 2. The molecule has 0 aliphatic rings. The number of aromatic nitrogens is 2. The van der Waals surface area contributed by atoms with E-state index in [0.29, 0.717) is 15.6 Å². The lowest BCUT2D eigenvalue weighted by molar-refractivity contribution is 0.0977. The van der Waals surface area contributed by atoms with Crippen LogP contribution in [0.4, 0.5) is 5.69 Å². The molecule has 144 valence electrons. The Morgan fingerprint density at radius 1 is 0.966 bits per heavy atom. The Labute approximate surface area is 182 Å². The number of carbonyl (C=O) groups is 1. The highest BCUT2D eigenvalue weighted by Crippen LogP contribution is 2.24. The van der Waals surface area contributed by atoms with Crippen molar-refractivity contribution < 1.29 is 4.79 Å². The predicted molar refractivity (Wildman–Crippen MR) is 122 cm³/mol. The number of amides is 1. The number of thiocarbonyl (C=S) groups is 1. The largest absolute Gasteiger partial charge is 0.338 e. The zero-order chi connectivity index (χ0) is 20.4. The van der Waals surface area contributed by atoms with Crippen LogP contribution >= 0.6 is 35.4 Å². The Bertz CT molecular complexity index is 1210. The summed E-state index contributed by atoms with van der Waals surface area (Å²) in [5.74, 6) is 0.370. The van der Waals surface area contributed by atoms with Crippen molar-refractivity contribution in [2.24, 2.45) is 0 Å². The van der Waals surface area contributed by atoms with E-state index in [9.17, 15) is 4.79 Å². The molecule has 0 radical (unpaired) electrons. The number of nitrogens with zero attached hydrogens (tertiary/aromatic N) is 1. The Morgan fingerprint density at radius 3 is 2.59 bits per heavy atom. The molecule has 1 amide bonds. The van der Waals surface area contributed by atoms with Gasteiger partial charge >= 0.3 is 0 Å². The van der Waals surface area contributed by atoms with E-state index in [1.807, 2.05) is 48.5 Å². The van der Waals surface area contributed by atoms with Crippen LogP contribution in [0.15, 0.2) is 66.7 Å². The maximum Gasteiger partial charge on any atom is 0.257 e. The molecule has 4 rings (SSSR count). The smallest absolute Gasteiger partial charge is 0.257 e. The second-order valence-electron chi connectivity index (χ2n) is 6.22. The van der Waals surface area contributed by atoms with Gasteiger partial charge in [0.1, 0.15) is 5.82 Å². The number of fused-ring (bicyclic) bond motifs is 1. The van der Waals surface area contributed by atoms with Crippen molar-refractivity contribution >= 4 is 63.2 Å². The molecule has 0 bridgehead atoms. The first-order chi connectivity index (χ1) is 14.0. The van der Waals surface area contributed by atoms with Gasteiger partial charge < -0.3 is 10.3 Å². The molecule has 0 aliphatic carbocycles. The first kappa shape index (κ1) is 19.4. The number of aromatic amines is 1. The fraction of sp³-hybridized carbons (Fsp3) is 0. The average Bonchev–Trinajstić information content (AvgIpc) is 3.14. The van der Waals surface area contributed by atoms with Crippen LogP contribution in [-0.2, 0) is 0 Å². The van der Waals surface area contributed by atoms with Crippen LogP contribution in [0.2, 0.25) is 10.0 Å². The SMILES string of the molecule is O=C(NC(=S)Nc1cccc(-c2nc3ccccc3[nH]2)c1)c1ccc(Cl)c(Cl)c1. The van der Waals surface area contributed by atoms with Gasteiger partial charge in [-0.25, -0.2) is 4.98 Å². The number of anilines is 1. The van der Waals surface area contributed by atoms with Crippen LogP contribution in [0, 0.1) is 0 Å². The van der Waals surface area contributed by atoms with Crippen molar-refractivity contribution in [3.05, 3.63) is 82.3 Å². The number of hydrogen-bond donors (Lipinski definition) is 3. The van der Waals surface area contributed by atoms with Crippen molar-refractivity contribution in [3.63, 3.8) is 0 Å². The van der Waals surface area contributed by atoms with Gasteiger partial charge in [0.15, 0.2) is 5.11 Å². The van der Waals surface area contributed by atoms with E-state index < -0.39 is 0 Å². The molecule has 0 aliphatic heterocycles. The van der Waals surface area contributed by atoms with Crippen molar-refractivity contribution in [1.82, 2.24) is 15.3 Å². The minimum atomic E-state index is -0.380. The van der Waals surface area contributed by atoms with Gasteiger partial charge in [-0.1, -0.05) is 47.5 Å². The topological polar surface area (TPSA) is 69.8 Å². The lowest BCUT2D eigenvalue weighted by Gasteiger charge is -2.11. The number of nitrogens with one attached hydrogen (secondary N) is 3. The van der Waals surface area contributed by atoms with Gasteiger partial charge in [0.2, 0.25) is 0 Å². The number of carbonyl (C=O) groups excluding carboxylic acids is 1. The number of halogens is 2. The molecular weight excluding hydrogens is 427 g/mol. The summed E-state index contributed by atoms with van der Waals surface area (Å²) in [5.41, 5.74) is 3.84. The molecule has 1 heterocycles. The summed E-state index contributed by atoms with van der Waals surface area (Å²) in [6.07, 6.45) is 0. The third kappa shape index (κ3) is 4.40. The standard InChI is InChI=1S/C21H14Cl2N4OS/c22-15-9-8-13(11-16(15)23)20(28)27-21(29)24-14-5-3-4-12(10-14)19-25-17-6-1-2-7-18(17)26-19/h1-11H,(H,25,26)(H2,24,27,28,29). The minimum absolute atomic E-state index is 0.169. The summed E-state index contributed by atoms with van der Waals surface area (Å²) >= 11 is 17.1. The highest BCUT2D eigenvalue weighted by Gasteiger charge is 2.11. The molecule has 0 atom stereocenters. The zero-order valence-electron chi connectivity index (χ0n) is 14.9. The van der Waals surface area contributed by atoms with E-state index in [4.69, 9.17) is 35.4 Å². The summed E-state index contributed by atoms with van der Waals surface area (Å²) in [4.78, 5) is 20.2. The molecule has 0 unspecified atom stereocenters. The van der Waals surface area contributed by atoms with Crippen LogP contribution in [0.3, 0.4) is 0 Å². The number of hydrogen-bond acceptors (Lipinski definition) is 3. The monoisotopic (exact) mass is 440 g/mol. The quantitative estimate of drug-likeness (QED) is 0.359. The van der Waals surface area contributed by atoms with Crippen LogP contribution < -0.4 is 10.6 Å². The van der Waals surface area contributed by atoms with Crippen LogP contribution in [0.1, 0.15) is 10.4 Å². The Morgan fingerprint density at radius 2 is 1.79 bits per heavy atom. The highest BCUT2D eigenvalue weighted by molar-refractivity contribution is 7.80. The van der Waals surface area contributed by atoms with E-state index >= 15 is 0 Å². The predicted octanol–water partition coefficient (Wildman–Crippen LogP) is 5.66. The van der Waals surface area contributed by atoms with Gasteiger partial charge in [0.25, 0.3) is 5.91 Å². The lowest BCUT2D eigenvalue weighted by atomic mass is 10.2.